The van der Waals surface area contributed by atoms with Crippen molar-refractivity contribution in [2.45, 2.75) is 13.0 Å². The summed E-state index contributed by atoms with van der Waals surface area (Å²) >= 11 is 3.29. The number of furan rings is 1. The Morgan fingerprint density at radius 1 is 1.35 bits per heavy atom. The molecule has 0 aliphatic heterocycles. The molecule has 2 aromatic heterocycles. The molecule has 4 nitrogen and oxygen atoms in total. The summed E-state index contributed by atoms with van der Waals surface area (Å²) in [5.41, 5.74) is 6.12. The molecule has 0 saturated carbocycles. The van der Waals surface area contributed by atoms with Crippen LogP contribution in [0.15, 0.2) is 39.4 Å². The van der Waals surface area contributed by atoms with Crippen molar-refractivity contribution in [3.63, 3.8) is 0 Å². The molecule has 2 N–H and O–H groups in total. The summed E-state index contributed by atoms with van der Waals surface area (Å²) in [6.07, 6.45) is 1.89. The molecule has 0 atom stereocenters. The van der Waals surface area contributed by atoms with E-state index in [1.807, 2.05) is 6.07 Å². The predicted octanol–water partition coefficient (Wildman–Crippen LogP) is 2.32. The number of Topliss-reactive ketones (excluding diaryl/α,β-unsaturated/α-hetero) is 1. The largest absolute Gasteiger partial charge is 0.457 e. The summed E-state index contributed by atoms with van der Waals surface area (Å²) in [5.74, 6) is 0.840. The normalized spacial score (nSPS) is 10.5. The summed E-state index contributed by atoms with van der Waals surface area (Å²) in [6.45, 7) is 0.295. The van der Waals surface area contributed by atoms with Crippen LogP contribution in [-0.4, -0.2) is 10.8 Å². The van der Waals surface area contributed by atoms with E-state index in [0.717, 1.165) is 4.47 Å². The number of rotatable bonds is 4. The third-order valence-electron chi connectivity index (χ3n) is 2.27. The van der Waals surface area contributed by atoms with Gasteiger partial charge in [0.05, 0.1) is 13.0 Å². The van der Waals surface area contributed by atoms with E-state index in [4.69, 9.17) is 10.2 Å². The average molecular weight is 295 g/mol. The van der Waals surface area contributed by atoms with Gasteiger partial charge in [0.1, 0.15) is 5.76 Å². The quantitative estimate of drug-likeness (QED) is 0.879. The van der Waals surface area contributed by atoms with Gasteiger partial charge in [-0.25, -0.2) is 0 Å². The van der Waals surface area contributed by atoms with E-state index in [1.54, 1.807) is 24.4 Å². The lowest BCUT2D eigenvalue weighted by molar-refractivity contribution is 0.0963. The number of carbonyl (C=O) groups excluding carboxylic acids is 1. The second kappa shape index (κ2) is 5.25. The minimum absolute atomic E-state index is 0.0977. The maximum Gasteiger partial charge on any atom is 0.203 e. The number of aromatic nitrogens is 1. The third-order valence-corrected chi connectivity index (χ3v) is 2.74. The molecule has 0 aliphatic carbocycles. The fourth-order valence-corrected chi connectivity index (χ4v) is 1.63. The molecule has 0 radical (unpaired) electrons. The predicted molar refractivity (Wildman–Crippen MR) is 66.6 cm³/mol. The highest BCUT2D eigenvalue weighted by atomic mass is 79.9. The fourth-order valence-electron chi connectivity index (χ4n) is 1.40. The Kier molecular flexibility index (Phi) is 3.71. The van der Waals surface area contributed by atoms with Gasteiger partial charge in [-0.05, 0) is 40.2 Å². The number of nitrogens with zero attached hydrogens (tertiary/aromatic N) is 1. The van der Waals surface area contributed by atoms with E-state index in [1.165, 1.54) is 0 Å². The van der Waals surface area contributed by atoms with E-state index in [-0.39, 0.29) is 12.2 Å². The Morgan fingerprint density at radius 3 is 2.76 bits per heavy atom. The van der Waals surface area contributed by atoms with Gasteiger partial charge in [-0.2, -0.15) is 0 Å². The van der Waals surface area contributed by atoms with Crippen LogP contribution in [0.4, 0.5) is 0 Å². The van der Waals surface area contributed by atoms with E-state index in [9.17, 15) is 4.79 Å². The van der Waals surface area contributed by atoms with Crippen LogP contribution in [0, 0.1) is 0 Å². The van der Waals surface area contributed by atoms with Gasteiger partial charge >= 0.3 is 0 Å². The summed E-state index contributed by atoms with van der Waals surface area (Å²) in [6, 6.07) is 7.00. The maximum absolute atomic E-state index is 11.8. The van der Waals surface area contributed by atoms with Crippen molar-refractivity contribution in [3.8, 4) is 0 Å². The van der Waals surface area contributed by atoms with Crippen LogP contribution in [0.1, 0.15) is 22.0 Å². The van der Waals surface area contributed by atoms with Gasteiger partial charge in [0.2, 0.25) is 5.78 Å². The number of ketones is 1. The van der Waals surface area contributed by atoms with Gasteiger partial charge in [0.15, 0.2) is 5.76 Å². The summed E-state index contributed by atoms with van der Waals surface area (Å²) in [7, 11) is 0. The van der Waals surface area contributed by atoms with Crippen LogP contribution < -0.4 is 5.73 Å². The fraction of sp³-hybridized carbons (Fsp3) is 0.167. The minimum Gasteiger partial charge on any atom is -0.457 e. The van der Waals surface area contributed by atoms with Gasteiger partial charge in [0.25, 0.3) is 0 Å². The Hall–Kier alpha value is -1.46. The number of pyridine rings is 1. The Labute approximate surface area is 107 Å². The molecular formula is C12H11BrN2O2. The van der Waals surface area contributed by atoms with Gasteiger partial charge < -0.3 is 10.2 Å². The van der Waals surface area contributed by atoms with Crippen molar-refractivity contribution in [3.05, 3.63) is 52.1 Å². The highest BCUT2D eigenvalue weighted by Crippen LogP contribution is 2.12. The molecule has 0 fully saturated rings. The first-order valence-electron chi connectivity index (χ1n) is 5.11. The number of hydrogen-bond acceptors (Lipinski definition) is 4. The lowest BCUT2D eigenvalue weighted by Crippen LogP contribution is -2.03. The lowest BCUT2D eigenvalue weighted by atomic mass is 10.1. The van der Waals surface area contributed by atoms with Crippen LogP contribution in [0.25, 0.3) is 0 Å². The zero-order chi connectivity index (χ0) is 12.3. The molecular weight excluding hydrogens is 284 g/mol. The van der Waals surface area contributed by atoms with Crippen molar-refractivity contribution in [2.75, 3.05) is 0 Å². The molecule has 2 aromatic rings. The first-order chi connectivity index (χ1) is 8.19. The van der Waals surface area contributed by atoms with Crippen LogP contribution in [0.2, 0.25) is 0 Å². The molecule has 0 unspecified atom stereocenters. The Morgan fingerprint density at radius 2 is 2.18 bits per heavy atom. The van der Waals surface area contributed by atoms with E-state index >= 15 is 0 Å². The van der Waals surface area contributed by atoms with E-state index in [0.29, 0.717) is 23.8 Å². The van der Waals surface area contributed by atoms with Crippen molar-refractivity contribution in [1.82, 2.24) is 4.98 Å². The standard InChI is InChI=1S/C12H11BrN2O2/c13-8-1-2-9(15-7-8)5-11(16)12-4-3-10(6-14)17-12/h1-4,7H,5-6,14H2. The van der Waals surface area contributed by atoms with E-state index in [2.05, 4.69) is 20.9 Å². The topological polar surface area (TPSA) is 69.1 Å². The second-order valence-corrected chi connectivity index (χ2v) is 4.45. The van der Waals surface area contributed by atoms with Gasteiger partial charge in [0, 0.05) is 16.4 Å². The summed E-state index contributed by atoms with van der Waals surface area (Å²) in [4.78, 5) is 16.0. The second-order valence-electron chi connectivity index (χ2n) is 3.54. The minimum atomic E-state index is -0.0977. The van der Waals surface area contributed by atoms with Crippen molar-refractivity contribution in [2.24, 2.45) is 5.73 Å². The summed E-state index contributed by atoms with van der Waals surface area (Å²) < 4.78 is 6.17. The SMILES string of the molecule is NCc1ccc(C(=O)Cc2ccc(Br)cn2)o1. The summed E-state index contributed by atoms with van der Waals surface area (Å²) in [5, 5.41) is 0. The van der Waals surface area contributed by atoms with Crippen LogP contribution in [-0.2, 0) is 13.0 Å². The van der Waals surface area contributed by atoms with Gasteiger partial charge in [-0.3, -0.25) is 9.78 Å². The molecule has 0 amide bonds. The van der Waals surface area contributed by atoms with Crippen LogP contribution in [0.5, 0.6) is 0 Å². The molecule has 2 heterocycles. The number of nitrogens with two attached hydrogens (primary N) is 1. The van der Waals surface area contributed by atoms with Crippen molar-refractivity contribution < 1.29 is 9.21 Å². The van der Waals surface area contributed by atoms with Gasteiger partial charge in [-0.1, -0.05) is 0 Å². The van der Waals surface area contributed by atoms with Crippen molar-refractivity contribution in [1.29, 1.82) is 0 Å². The third kappa shape index (κ3) is 3.01. The molecule has 0 aromatic carbocycles. The van der Waals surface area contributed by atoms with Crippen LogP contribution >= 0.6 is 15.9 Å². The molecule has 17 heavy (non-hydrogen) atoms. The number of carbonyl (C=O) groups is 1. The zero-order valence-electron chi connectivity index (χ0n) is 9.02. The molecule has 0 aliphatic rings. The molecule has 88 valence electrons. The number of halogens is 1. The average Bonchev–Trinajstić information content (AvgIpc) is 2.81. The number of hydrogen-bond donors (Lipinski definition) is 1. The molecule has 0 spiro atoms. The smallest absolute Gasteiger partial charge is 0.203 e. The molecule has 5 heteroatoms. The highest BCUT2D eigenvalue weighted by molar-refractivity contribution is 9.10. The molecule has 0 bridgehead atoms. The first-order valence-corrected chi connectivity index (χ1v) is 5.91. The lowest BCUT2D eigenvalue weighted by Gasteiger charge is -1.98. The monoisotopic (exact) mass is 294 g/mol. The maximum atomic E-state index is 11.8. The van der Waals surface area contributed by atoms with Crippen molar-refractivity contribution >= 4 is 21.7 Å². The first kappa shape index (κ1) is 12.0. The Bertz CT molecular complexity index is 520. The van der Waals surface area contributed by atoms with E-state index < -0.39 is 0 Å². The van der Waals surface area contributed by atoms with Crippen LogP contribution in [0.3, 0.4) is 0 Å². The van der Waals surface area contributed by atoms with Gasteiger partial charge in [-0.15, -0.1) is 0 Å². The molecule has 2 rings (SSSR count). The molecule has 0 saturated heterocycles. The highest BCUT2D eigenvalue weighted by Gasteiger charge is 2.12. The zero-order valence-corrected chi connectivity index (χ0v) is 10.6. The Balaban J connectivity index is 2.08.